The maximum absolute atomic E-state index is 12.4. The number of hydrogen-bond acceptors (Lipinski definition) is 5. The van der Waals surface area contributed by atoms with E-state index in [0.29, 0.717) is 6.54 Å². The number of esters is 2. The smallest absolute Gasteiger partial charge is 0.311 e. The highest BCUT2D eigenvalue weighted by Gasteiger charge is 2.50. The lowest BCUT2D eigenvalue weighted by Gasteiger charge is -2.27. The second kappa shape index (κ2) is 8.11. The van der Waals surface area contributed by atoms with Crippen molar-refractivity contribution >= 4 is 11.9 Å². The number of unbranched alkanes of at least 4 members (excludes halogenated alkanes) is 1. The highest BCUT2D eigenvalue weighted by Crippen LogP contribution is 2.42. The average Bonchev–Trinajstić information content (AvgIpc) is 2.98. The average molecular weight is 319 g/mol. The number of benzene rings is 1. The van der Waals surface area contributed by atoms with Crippen LogP contribution in [-0.2, 0) is 19.1 Å². The zero-order valence-electron chi connectivity index (χ0n) is 14.0. The van der Waals surface area contributed by atoms with Crippen molar-refractivity contribution in [1.29, 1.82) is 0 Å². The van der Waals surface area contributed by atoms with E-state index in [1.165, 1.54) is 14.2 Å². The lowest BCUT2D eigenvalue weighted by Crippen LogP contribution is -2.32. The molecule has 3 atom stereocenters. The quantitative estimate of drug-likeness (QED) is 0.754. The van der Waals surface area contributed by atoms with Crippen LogP contribution < -0.4 is 0 Å². The summed E-state index contributed by atoms with van der Waals surface area (Å²) in [5.74, 6) is -1.73. The van der Waals surface area contributed by atoms with Crippen LogP contribution in [0.3, 0.4) is 0 Å². The van der Waals surface area contributed by atoms with E-state index < -0.39 is 11.8 Å². The molecule has 0 bridgehead atoms. The van der Waals surface area contributed by atoms with Gasteiger partial charge < -0.3 is 9.47 Å². The number of nitrogens with zero attached hydrogens (tertiary/aromatic N) is 1. The highest BCUT2D eigenvalue weighted by atomic mass is 16.5. The number of likely N-dealkylation sites (tertiary alicyclic amines) is 1. The molecule has 5 heteroatoms. The summed E-state index contributed by atoms with van der Waals surface area (Å²) in [6.07, 6.45) is 2.08. The van der Waals surface area contributed by atoms with Crippen LogP contribution in [0, 0.1) is 11.8 Å². The summed E-state index contributed by atoms with van der Waals surface area (Å²) in [5, 5.41) is 0. The van der Waals surface area contributed by atoms with Crippen LogP contribution >= 0.6 is 0 Å². The number of carbonyl (C=O) groups excluding carboxylic acids is 2. The van der Waals surface area contributed by atoms with Gasteiger partial charge in [-0.15, -0.1) is 0 Å². The lowest BCUT2D eigenvalue weighted by molar-refractivity contribution is -0.156. The van der Waals surface area contributed by atoms with Crippen LogP contribution in [0.15, 0.2) is 30.3 Å². The first kappa shape index (κ1) is 17.5. The third kappa shape index (κ3) is 3.72. The molecule has 1 fully saturated rings. The Morgan fingerprint density at radius 3 is 2.35 bits per heavy atom. The van der Waals surface area contributed by atoms with Gasteiger partial charge in [0.05, 0.1) is 26.1 Å². The Labute approximate surface area is 137 Å². The molecule has 1 aromatic carbocycles. The van der Waals surface area contributed by atoms with Crippen LogP contribution in [-0.4, -0.2) is 44.1 Å². The number of hydrogen-bond donors (Lipinski definition) is 0. The Morgan fingerprint density at radius 1 is 1.13 bits per heavy atom. The highest BCUT2D eigenvalue weighted by molar-refractivity contribution is 5.83. The van der Waals surface area contributed by atoms with Crippen molar-refractivity contribution in [3.05, 3.63) is 35.9 Å². The normalized spacial score (nSPS) is 24.4. The third-order valence-electron chi connectivity index (χ3n) is 4.52. The molecule has 5 nitrogen and oxygen atoms in total. The molecule has 0 amide bonds. The van der Waals surface area contributed by atoms with Gasteiger partial charge in [0.15, 0.2) is 0 Å². The van der Waals surface area contributed by atoms with Crippen LogP contribution in [0.1, 0.15) is 31.4 Å². The predicted molar refractivity (Wildman–Crippen MR) is 86.7 cm³/mol. The first-order valence-corrected chi connectivity index (χ1v) is 8.08. The van der Waals surface area contributed by atoms with Gasteiger partial charge in [-0.05, 0) is 18.5 Å². The molecule has 0 saturated carbocycles. The number of methoxy groups -OCH3 is 2. The van der Waals surface area contributed by atoms with Crippen molar-refractivity contribution in [3.63, 3.8) is 0 Å². The van der Waals surface area contributed by atoms with E-state index in [2.05, 4.69) is 11.8 Å². The molecule has 2 rings (SSSR count). The molecular formula is C18H25NO4. The Morgan fingerprint density at radius 2 is 1.78 bits per heavy atom. The summed E-state index contributed by atoms with van der Waals surface area (Å²) in [5.41, 5.74) is 1.03. The van der Waals surface area contributed by atoms with Gasteiger partial charge in [-0.2, -0.15) is 0 Å². The molecule has 0 aromatic heterocycles. The molecule has 126 valence electrons. The fourth-order valence-electron chi connectivity index (χ4n) is 3.39. The number of rotatable bonds is 6. The molecule has 0 N–H and O–H groups in total. The minimum Gasteiger partial charge on any atom is -0.469 e. The van der Waals surface area contributed by atoms with E-state index in [1.54, 1.807) is 0 Å². The van der Waals surface area contributed by atoms with Gasteiger partial charge in [0.1, 0.15) is 0 Å². The molecule has 1 saturated heterocycles. The summed E-state index contributed by atoms with van der Waals surface area (Å²) in [7, 11) is 2.73. The van der Waals surface area contributed by atoms with E-state index >= 15 is 0 Å². The molecule has 23 heavy (non-hydrogen) atoms. The summed E-state index contributed by atoms with van der Waals surface area (Å²) >= 11 is 0. The van der Waals surface area contributed by atoms with Crippen LogP contribution in [0.2, 0.25) is 0 Å². The van der Waals surface area contributed by atoms with E-state index in [-0.39, 0.29) is 18.0 Å². The molecule has 0 unspecified atom stereocenters. The Balaban J connectivity index is 2.39. The van der Waals surface area contributed by atoms with E-state index in [9.17, 15) is 9.59 Å². The Hall–Kier alpha value is -1.88. The molecule has 0 spiro atoms. The van der Waals surface area contributed by atoms with E-state index in [1.807, 2.05) is 30.3 Å². The summed E-state index contributed by atoms with van der Waals surface area (Å²) in [6, 6.07) is 9.69. The zero-order valence-corrected chi connectivity index (χ0v) is 14.0. The van der Waals surface area contributed by atoms with Crippen molar-refractivity contribution in [3.8, 4) is 0 Å². The first-order chi connectivity index (χ1) is 11.1. The monoisotopic (exact) mass is 319 g/mol. The predicted octanol–water partition coefficient (Wildman–Crippen LogP) is 2.42. The Bertz CT molecular complexity index is 531. The van der Waals surface area contributed by atoms with Gasteiger partial charge in [-0.3, -0.25) is 14.5 Å². The SMILES string of the molecule is CCCCN1C[C@@H](C(=O)OC)[C@@H](C(=O)OC)[C@H]1c1ccccc1. The second-order valence-corrected chi connectivity index (χ2v) is 5.88. The van der Waals surface area contributed by atoms with Crippen LogP contribution in [0.4, 0.5) is 0 Å². The second-order valence-electron chi connectivity index (χ2n) is 5.88. The van der Waals surface area contributed by atoms with Crippen molar-refractivity contribution in [1.82, 2.24) is 4.90 Å². The minimum atomic E-state index is -0.535. The maximum atomic E-state index is 12.4. The zero-order chi connectivity index (χ0) is 16.8. The van der Waals surface area contributed by atoms with Gasteiger partial charge in [0.25, 0.3) is 0 Å². The number of carbonyl (C=O) groups is 2. The molecule has 0 radical (unpaired) electrons. The molecule has 1 aromatic rings. The molecular weight excluding hydrogens is 294 g/mol. The lowest BCUT2D eigenvalue weighted by atomic mass is 9.87. The fourth-order valence-corrected chi connectivity index (χ4v) is 3.39. The first-order valence-electron chi connectivity index (χ1n) is 8.08. The minimum absolute atomic E-state index is 0.153. The fraction of sp³-hybridized carbons (Fsp3) is 0.556. The van der Waals surface area contributed by atoms with Gasteiger partial charge >= 0.3 is 11.9 Å². The van der Waals surface area contributed by atoms with Crippen molar-refractivity contribution < 1.29 is 19.1 Å². The standard InChI is InChI=1S/C18H25NO4/c1-4-5-11-19-12-14(17(20)22-2)15(18(21)23-3)16(19)13-9-7-6-8-10-13/h6-10,14-16H,4-5,11-12H2,1-3H3/t14-,15-,16-/m1/s1. The molecule has 1 aliphatic rings. The van der Waals surface area contributed by atoms with Crippen LogP contribution in [0.5, 0.6) is 0 Å². The largest absolute Gasteiger partial charge is 0.469 e. The third-order valence-corrected chi connectivity index (χ3v) is 4.52. The van der Waals surface area contributed by atoms with Gasteiger partial charge in [-0.1, -0.05) is 43.7 Å². The van der Waals surface area contributed by atoms with E-state index in [0.717, 1.165) is 24.9 Å². The topological polar surface area (TPSA) is 55.8 Å². The Kier molecular flexibility index (Phi) is 6.16. The molecule has 1 heterocycles. The maximum Gasteiger partial charge on any atom is 0.311 e. The number of ether oxygens (including phenoxy) is 2. The van der Waals surface area contributed by atoms with Crippen molar-refractivity contribution in [2.24, 2.45) is 11.8 Å². The van der Waals surface area contributed by atoms with Gasteiger partial charge in [0.2, 0.25) is 0 Å². The van der Waals surface area contributed by atoms with Crippen molar-refractivity contribution in [2.45, 2.75) is 25.8 Å². The van der Waals surface area contributed by atoms with Gasteiger partial charge in [0, 0.05) is 12.6 Å². The van der Waals surface area contributed by atoms with E-state index in [4.69, 9.17) is 9.47 Å². The van der Waals surface area contributed by atoms with Crippen LogP contribution in [0.25, 0.3) is 0 Å². The summed E-state index contributed by atoms with van der Waals surface area (Å²) < 4.78 is 9.91. The molecule has 0 aliphatic carbocycles. The summed E-state index contributed by atoms with van der Waals surface area (Å²) in [4.78, 5) is 26.8. The molecule has 1 aliphatic heterocycles. The summed E-state index contributed by atoms with van der Waals surface area (Å²) in [6.45, 7) is 3.49. The van der Waals surface area contributed by atoms with Gasteiger partial charge in [-0.25, -0.2) is 0 Å². The van der Waals surface area contributed by atoms with Crippen molar-refractivity contribution in [2.75, 3.05) is 27.3 Å².